The Morgan fingerprint density at radius 3 is 2.87 bits per heavy atom. The van der Waals surface area contributed by atoms with Crippen molar-refractivity contribution in [1.29, 1.82) is 5.26 Å². The van der Waals surface area contributed by atoms with Gasteiger partial charge in [-0.2, -0.15) is 5.26 Å². The molecular weight excluding hydrogens is 188 g/mol. The van der Waals surface area contributed by atoms with E-state index in [1.54, 1.807) is 0 Å². The predicted molar refractivity (Wildman–Crippen MR) is 59.3 cm³/mol. The monoisotopic (exact) mass is 208 g/mol. The van der Waals surface area contributed by atoms with Gasteiger partial charge in [0, 0.05) is 6.54 Å². The van der Waals surface area contributed by atoms with Gasteiger partial charge in [-0.1, -0.05) is 6.42 Å². The molecular formula is C12H20N2O. The van der Waals surface area contributed by atoms with Crippen LogP contribution in [0.3, 0.4) is 0 Å². The van der Waals surface area contributed by atoms with Crippen LogP contribution in [0.4, 0.5) is 0 Å². The molecule has 1 aliphatic heterocycles. The first-order valence-electron chi connectivity index (χ1n) is 5.70. The molecule has 1 aliphatic rings. The molecule has 1 heterocycles. The molecule has 0 aromatic carbocycles. The molecule has 3 heteroatoms. The second-order valence-corrected chi connectivity index (χ2v) is 4.98. The fourth-order valence-electron chi connectivity index (χ4n) is 1.93. The molecule has 1 saturated heterocycles. The minimum absolute atomic E-state index is 0.0910. The molecule has 0 radical (unpaired) electrons. The summed E-state index contributed by atoms with van der Waals surface area (Å²) in [6.07, 6.45) is 5.21. The number of carbonyl (C=O) groups is 1. The number of hydrogen-bond acceptors (Lipinski definition) is 3. The summed E-state index contributed by atoms with van der Waals surface area (Å²) >= 11 is 0. The molecule has 0 bridgehead atoms. The molecule has 3 nitrogen and oxygen atoms in total. The van der Waals surface area contributed by atoms with Crippen molar-refractivity contribution in [1.82, 2.24) is 4.90 Å². The quantitative estimate of drug-likeness (QED) is 0.663. The molecule has 84 valence electrons. The van der Waals surface area contributed by atoms with Gasteiger partial charge in [0.05, 0.1) is 17.5 Å². The molecule has 0 spiro atoms. The Morgan fingerprint density at radius 1 is 1.53 bits per heavy atom. The van der Waals surface area contributed by atoms with Gasteiger partial charge in [-0.15, -0.1) is 0 Å². The average Bonchev–Trinajstić information content (AvgIpc) is 2.27. The maximum absolute atomic E-state index is 10.9. The second kappa shape index (κ2) is 5.27. The highest BCUT2D eigenvalue weighted by Crippen LogP contribution is 2.22. The van der Waals surface area contributed by atoms with Gasteiger partial charge in [0.15, 0.2) is 0 Å². The lowest BCUT2D eigenvalue weighted by Crippen LogP contribution is -2.42. The van der Waals surface area contributed by atoms with Crippen molar-refractivity contribution in [2.24, 2.45) is 5.41 Å². The normalized spacial score (nSPS) is 23.4. The number of likely N-dealkylation sites (tertiary alicyclic amines) is 1. The van der Waals surface area contributed by atoms with E-state index in [0.717, 1.165) is 38.6 Å². The Hall–Kier alpha value is -0.880. The summed E-state index contributed by atoms with van der Waals surface area (Å²) in [6, 6.07) is 2.39. The van der Waals surface area contributed by atoms with E-state index in [9.17, 15) is 4.79 Å². The molecule has 0 aromatic rings. The first-order chi connectivity index (χ1) is 7.09. The zero-order valence-electron chi connectivity index (χ0n) is 9.70. The molecule has 0 N–H and O–H groups in total. The zero-order chi connectivity index (χ0) is 11.3. The highest BCUT2D eigenvalue weighted by Gasteiger charge is 2.24. The van der Waals surface area contributed by atoms with Gasteiger partial charge < -0.3 is 4.79 Å². The Labute approximate surface area is 92.1 Å². The van der Waals surface area contributed by atoms with Gasteiger partial charge in [0.2, 0.25) is 0 Å². The largest absolute Gasteiger partial charge is 0.302 e. The molecule has 0 aliphatic carbocycles. The molecule has 1 unspecified atom stereocenters. The number of hydrogen-bond donors (Lipinski definition) is 0. The molecule has 15 heavy (non-hydrogen) atoms. The standard InChI is InChI=1S/C12H20N2O/c1-12(2,10-13)6-8-14-7-4-3-5-11(14)9-15/h9,11H,3-8H2,1-2H3. The van der Waals surface area contributed by atoms with Gasteiger partial charge in [0.1, 0.15) is 6.29 Å². The first-order valence-corrected chi connectivity index (χ1v) is 5.70. The Kier molecular flexibility index (Phi) is 4.28. The van der Waals surface area contributed by atoms with E-state index in [0.29, 0.717) is 0 Å². The van der Waals surface area contributed by atoms with Crippen LogP contribution >= 0.6 is 0 Å². The van der Waals surface area contributed by atoms with Crippen LogP contribution in [0.2, 0.25) is 0 Å². The summed E-state index contributed by atoms with van der Waals surface area (Å²) in [5, 5.41) is 8.91. The van der Waals surface area contributed by atoms with Crippen LogP contribution in [0.15, 0.2) is 0 Å². The smallest absolute Gasteiger partial charge is 0.137 e. The summed E-state index contributed by atoms with van der Waals surface area (Å²) in [5.74, 6) is 0. The molecule has 1 rings (SSSR count). The van der Waals surface area contributed by atoms with Crippen molar-refractivity contribution in [3.8, 4) is 6.07 Å². The van der Waals surface area contributed by atoms with E-state index < -0.39 is 0 Å². The van der Waals surface area contributed by atoms with E-state index in [2.05, 4.69) is 11.0 Å². The highest BCUT2D eigenvalue weighted by molar-refractivity contribution is 5.57. The molecule has 0 aromatic heterocycles. The van der Waals surface area contributed by atoms with E-state index in [4.69, 9.17) is 5.26 Å². The maximum atomic E-state index is 10.9. The Balaban J connectivity index is 2.43. The Morgan fingerprint density at radius 2 is 2.27 bits per heavy atom. The number of nitrogens with zero attached hydrogens (tertiary/aromatic N) is 2. The summed E-state index contributed by atoms with van der Waals surface area (Å²) < 4.78 is 0. The molecule has 1 fully saturated rings. The van der Waals surface area contributed by atoms with Gasteiger partial charge >= 0.3 is 0 Å². The number of nitriles is 1. The maximum Gasteiger partial charge on any atom is 0.137 e. The summed E-state index contributed by atoms with van der Waals surface area (Å²) in [6.45, 7) is 5.77. The summed E-state index contributed by atoms with van der Waals surface area (Å²) in [4.78, 5) is 13.1. The first kappa shape index (κ1) is 12.2. The van der Waals surface area contributed by atoms with Crippen molar-refractivity contribution in [3.63, 3.8) is 0 Å². The van der Waals surface area contributed by atoms with Crippen LogP contribution in [0.1, 0.15) is 39.5 Å². The van der Waals surface area contributed by atoms with Crippen molar-refractivity contribution in [2.75, 3.05) is 13.1 Å². The van der Waals surface area contributed by atoms with Crippen LogP contribution in [0, 0.1) is 16.7 Å². The third kappa shape index (κ3) is 3.64. The Bertz CT molecular complexity index is 255. The van der Waals surface area contributed by atoms with Gasteiger partial charge in [-0.05, 0) is 39.7 Å². The van der Waals surface area contributed by atoms with Gasteiger partial charge in [-0.25, -0.2) is 0 Å². The SMILES string of the molecule is CC(C)(C#N)CCN1CCCCC1C=O. The minimum atomic E-state index is -0.273. The van der Waals surface area contributed by atoms with Gasteiger partial charge in [0.25, 0.3) is 0 Å². The van der Waals surface area contributed by atoms with E-state index in [1.165, 1.54) is 6.42 Å². The third-order valence-corrected chi connectivity index (χ3v) is 3.15. The molecule has 0 amide bonds. The number of rotatable bonds is 4. The average molecular weight is 208 g/mol. The van der Waals surface area contributed by atoms with Crippen molar-refractivity contribution >= 4 is 6.29 Å². The molecule has 1 atom stereocenters. The van der Waals surface area contributed by atoms with E-state index in [-0.39, 0.29) is 11.5 Å². The minimum Gasteiger partial charge on any atom is -0.302 e. The topological polar surface area (TPSA) is 44.1 Å². The van der Waals surface area contributed by atoms with E-state index in [1.807, 2.05) is 13.8 Å². The number of piperidine rings is 1. The fourth-order valence-corrected chi connectivity index (χ4v) is 1.93. The van der Waals surface area contributed by atoms with Crippen LogP contribution < -0.4 is 0 Å². The summed E-state index contributed by atoms with van der Waals surface area (Å²) in [5.41, 5.74) is -0.273. The second-order valence-electron chi connectivity index (χ2n) is 4.98. The van der Waals surface area contributed by atoms with Crippen LogP contribution in [0.25, 0.3) is 0 Å². The number of carbonyl (C=O) groups excluding carboxylic acids is 1. The predicted octanol–water partition coefficient (Wildman–Crippen LogP) is 1.98. The number of aldehydes is 1. The van der Waals surface area contributed by atoms with Crippen molar-refractivity contribution in [2.45, 2.75) is 45.6 Å². The fraction of sp³-hybridized carbons (Fsp3) is 0.833. The van der Waals surface area contributed by atoms with Crippen molar-refractivity contribution < 1.29 is 4.79 Å². The van der Waals surface area contributed by atoms with Gasteiger partial charge in [-0.3, -0.25) is 4.90 Å². The van der Waals surface area contributed by atoms with Crippen LogP contribution in [0.5, 0.6) is 0 Å². The van der Waals surface area contributed by atoms with Crippen LogP contribution in [-0.4, -0.2) is 30.3 Å². The van der Waals surface area contributed by atoms with Crippen LogP contribution in [-0.2, 0) is 4.79 Å². The molecule has 0 saturated carbocycles. The van der Waals surface area contributed by atoms with E-state index >= 15 is 0 Å². The lowest BCUT2D eigenvalue weighted by molar-refractivity contribution is -0.113. The highest BCUT2D eigenvalue weighted by atomic mass is 16.1. The lowest BCUT2D eigenvalue weighted by atomic mass is 9.90. The van der Waals surface area contributed by atoms with Crippen molar-refractivity contribution in [3.05, 3.63) is 0 Å². The zero-order valence-corrected chi connectivity index (χ0v) is 9.70. The summed E-state index contributed by atoms with van der Waals surface area (Å²) in [7, 11) is 0. The lowest BCUT2D eigenvalue weighted by Gasteiger charge is -2.33. The third-order valence-electron chi connectivity index (χ3n) is 3.15.